The van der Waals surface area contributed by atoms with Gasteiger partial charge in [0.15, 0.2) is 17.3 Å². The van der Waals surface area contributed by atoms with Crippen molar-refractivity contribution >= 4 is 27.7 Å². The SMILES string of the molecule is Cc1c(C(=O)Cc2ccc(Oc3ncnc4[nH]cc(-c5ccccc5)c34)c(F)c2)c(=O)c2cc(OC(F)(F)F)ccc2n1C. The van der Waals surface area contributed by atoms with Gasteiger partial charge in [0.25, 0.3) is 0 Å². The number of H-pyrrole nitrogens is 1. The number of ether oxygens (including phenoxy) is 2. The minimum Gasteiger partial charge on any atom is -0.435 e. The maximum Gasteiger partial charge on any atom is 0.573 e. The standard InChI is InChI=1S/C32H22F4N4O4/c1-17-27(29(42)21-14-20(44-32(34,35)36)9-10-24(21)40(17)2)25(41)13-18-8-11-26(23(33)12-18)43-31-28-22(19-6-4-3-5-7-19)15-37-30(28)38-16-39-31/h3-12,14-16H,13H2,1-2H3,(H,37,38,39). The van der Waals surface area contributed by atoms with Crippen molar-refractivity contribution in [3.8, 4) is 28.5 Å². The van der Waals surface area contributed by atoms with Crippen molar-refractivity contribution < 1.29 is 31.8 Å². The molecule has 6 aromatic rings. The Balaban J connectivity index is 1.29. The van der Waals surface area contributed by atoms with Crippen LogP contribution in [0.25, 0.3) is 33.1 Å². The second kappa shape index (κ2) is 11.0. The van der Waals surface area contributed by atoms with Gasteiger partial charge >= 0.3 is 6.36 Å². The van der Waals surface area contributed by atoms with Gasteiger partial charge in [0.1, 0.15) is 17.7 Å². The maximum absolute atomic E-state index is 15.3. The topological polar surface area (TPSA) is 99.1 Å². The summed E-state index contributed by atoms with van der Waals surface area (Å²) in [5.41, 5.74) is 2.08. The number of nitrogens with zero attached hydrogens (tertiary/aromatic N) is 3. The normalized spacial score (nSPS) is 11.7. The predicted molar refractivity (Wildman–Crippen MR) is 154 cm³/mol. The van der Waals surface area contributed by atoms with Crippen molar-refractivity contribution in [3.05, 3.63) is 112 Å². The molecule has 8 nitrogen and oxygen atoms in total. The van der Waals surface area contributed by atoms with Crippen molar-refractivity contribution in [1.82, 2.24) is 19.5 Å². The molecule has 3 heterocycles. The highest BCUT2D eigenvalue weighted by Gasteiger charge is 2.31. The van der Waals surface area contributed by atoms with E-state index in [0.29, 0.717) is 22.2 Å². The Labute approximate surface area is 246 Å². The van der Waals surface area contributed by atoms with Gasteiger partial charge in [0, 0.05) is 30.9 Å². The smallest absolute Gasteiger partial charge is 0.435 e. The summed E-state index contributed by atoms with van der Waals surface area (Å²) in [5, 5.41) is 0.442. The Kier molecular flexibility index (Phi) is 7.12. The maximum atomic E-state index is 15.3. The molecular formula is C32H22F4N4O4. The van der Waals surface area contributed by atoms with Crippen molar-refractivity contribution in [3.63, 3.8) is 0 Å². The molecule has 0 saturated carbocycles. The third-order valence-electron chi connectivity index (χ3n) is 7.27. The molecule has 222 valence electrons. The molecule has 0 unspecified atom stereocenters. The highest BCUT2D eigenvalue weighted by molar-refractivity contribution is 6.01. The minimum absolute atomic E-state index is 0.117. The van der Waals surface area contributed by atoms with Gasteiger partial charge in [-0.05, 0) is 48.4 Å². The molecule has 12 heteroatoms. The van der Waals surface area contributed by atoms with Crippen LogP contribution in [0, 0.1) is 12.7 Å². The largest absolute Gasteiger partial charge is 0.573 e. The molecule has 6 rings (SSSR count). The zero-order chi connectivity index (χ0) is 31.2. The molecular weight excluding hydrogens is 580 g/mol. The zero-order valence-corrected chi connectivity index (χ0v) is 23.2. The van der Waals surface area contributed by atoms with E-state index in [-0.39, 0.29) is 34.6 Å². The highest BCUT2D eigenvalue weighted by Crippen LogP contribution is 2.36. The average molecular weight is 603 g/mol. The van der Waals surface area contributed by atoms with Crippen molar-refractivity contribution in [2.75, 3.05) is 0 Å². The van der Waals surface area contributed by atoms with Crippen LogP contribution >= 0.6 is 0 Å². The monoisotopic (exact) mass is 602 g/mol. The van der Waals surface area contributed by atoms with E-state index in [2.05, 4.69) is 19.7 Å². The van der Waals surface area contributed by atoms with Crippen LogP contribution in [-0.2, 0) is 13.5 Å². The number of aromatic nitrogens is 4. The molecule has 0 fully saturated rings. The molecule has 0 aliphatic carbocycles. The van der Waals surface area contributed by atoms with E-state index in [4.69, 9.17) is 4.74 Å². The zero-order valence-electron chi connectivity index (χ0n) is 23.2. The highest BCUT2D eigenvalue weighted by atomic mass is 19.4. The number of hydrogen-bond donors (Lipinski definition) is 1. The van der Waals surface area contributed by atoms with E-state index >= 15 is 4.39 Å². The number of pyridine rings is 1. The summed E-state index contributed by atoms with van der Waals surface area (Å²) in [4.78, 5) is 38.2. The second-order valence-corrected chi connectivity index (χ2v) is 10.0. The fraction of sp³-hybridized carbons (Fsp3) is 0.125. The lowest BCUT2D eigenvalue weighted by molar-refractivity contribution is -0.274. The predicted octanol–water partition coefficient (Wildman–Crippen LogP) is 7.04. The van der Waals surface area contributed by atoms with E-state index in [9.17, 15) is 22.8 Å². The van der Waals surface area contributed by atoms with Gasteiger partial charge in [0.2, 0.25) is 11.3 Å². The minimum atomic E-state index is -4.95. The van der Waals surface area contributed by atoms with Crippen LogP contribution in [0.15, 0.2) is 84.0 Å². The van der Waals surface area contributed by atoms with Gasteiger partial charge in [-0.2, -0.15) is 0 Å². The van der Waals surface area contributed by atoms with Gasteiger partial charge in [0.05, 0.1) is 21.9 Å². The third kappa shape index (κ3) is 5.37. The number of aryl methyl sites for hydroxylation is 1. The molecule has 0 saturated heterocycles. The summed E-state index contributed by atoms with van der Waals surface area (Å²) in [7, 11) is 1.59. The Morgan fingerprint density at radius 3 is 2.52 bits per heavy atom. The number of carbonyl (C=O) groups is 1. The number of nitrogens with one attached hydrogen (secondary N) is 1. The Morgan fingerprint density at radius 1 is 1.02 bits per heavy atom. The lowest BCUT2D eigenvalue weighted by atomic mass is 9.99. The lowest BCUT2D eigenvalue weighted by Gasteiger charge is -2.15. The van der Waals surface area contributed by atoms with E-state index in [1.165, 1.54) is 29.1 Å². The Bertz CT molecular complexity index is 2120. The van der Waals surface area contributed by atoms with E-state index in [1.54, 1.807) is 20.2 Å². The molecule has 0 radical (unpaired) electrons. The van der Waals surface area contributed by atoms with Crippen molar-refractivity contribution in [2.45, 2.75) is 19.7 Å². The number of fused-ring (bicyclic) bond motifs is 2. The number of hydrogen-bond acceptors (Lipinski definition) is 6. The van der Waals surface area contributed by atoms with Gasteiger partial charge < -0.3 is 19.0 Å². The van der Waals surface area contributed by atoms with E-state index in [0.717, 1.165) is 29.3 Å². The number of aromatic amines is 1. The molecule has 1 N–H and O–H groups in total. The summed E-state index contributed by atoms with van der Waals surface area (Å²) in [5.74, 6) is -2.00. The molecule has 3 aromatic heterocycles. The number of ketones is 1. The quantitative estimate of drug-likeness (QED) is 0.156. The number of halogens is 4. The van der Waals surface area contributed by atoms with Crippen molar-refractivity contribution in [1.29, 1.82) is 0 Å². The summed E-state index contributed by atoms with van der Waals surface area (Å²) in [6.45, 7) is 1.55. The van der Waals surface area contributed by atoms with Crippen molar-refractivity contribution in [2.24, 2.45) is 7.05 Å². The molecule has 0 amide bonds. The molecule has 44 heavy (non-hydrogen) atoms. The summed E-state index contributed by atoms with van der Waals surface area (Å²) in [6, 6.07) is 16.8. The third-order valence-corrected chi connectivity index (χ3v) is 7.27. The lowest BCUT2D eigenvalue weighted by Crippen LogP contribution is -2.23. The van der Waals surface area contributed by atoms with Crippen LogP contribution in [-0.4, -0.2) is 31.7 Å². The van der Waals surface area contributed by atoms with Gasteiger partial charge in [-0.1, -0.05) is 36.4 Å². The van der Waals surface area contributed by atoms with Gasteiger partial charge in [-0.3, -0.25) is 9.59 Å². The number of carbonyl (C=O) groups excluding carboxylic acids is 1. The van der Waals surface area contributed by atoms with Crippen LogP contribution in [0.4, 0.5) is 17.6 Å². The number of alkyl halides is 3. The first-order chi connectivity index (χ1) is 21.0. The van der Waals surface area contributed by atoms with Crippen LogP contribution in [0.1, 0.15) is 21.6 Å². The number of rotatable bonds is 7. The van der Waals surface area contributed by atoms with Crippen LogP contribution in [0.5, 0.6) is 17.4 Å². The molecule has 3 aromatic carbocycles. The van der Waals surface area contributed by atoms with E-state index < -0.39 is 29.1 Å². The summed E-state index contributed by atoms with van der Waals surface area (Å²) in [6.07, 6.45) is -2.24. The molecule has 0 aliphatic rings. The van der Waals surface area contributed by atoms with E-state index in [1.807, 2.05) is 30.3 Å². The molecule has 0 aliphatic heterocycles. The van der Waals surface area contributed by atoms with Crippen LogP contribution < -0.4 is 14.9 Å². The second-order valence-electron chi connectivity index (χ2n) is 10.0. The van der Waals surface area contributed by atoms with Gasteiger partial charge in [-0.25, -0.2) is 14.4 Å². The fourth-order valence-corrected chi connectivity index (χ4v) is 5.13. The average Bonchev–Trinajstić information content (AvgIpc) is 3.42. The first-order valence-electron chi connectivity index (χ1n) is 13.3. The first kappa shape index (κ1) is 28.6. The Hall–Kier alpha value is -5.52. The Morgan fingerprint density at radius 2 is 1.80 bits per heavy atom. The summed E-state index contributed by atoms with van der Waals surface area (Å²) < 4.78 is 64.9. The molecule has 0 bridgehead atoms. The first-order valence-corrected chi connectivity index (χ1v) is 13.3. The molecule has 0 atom stereocenters. The van der Waals surface area contributed by atoms with Crippen LogP contribution in [0.2, 0.25) is 0 Å². The fourth-order valence-electron chi connectivity index (χ4n) is 5.13. The van der Waals surface area contributed by atoms with Crippen LogP contribution in [0.3, 0.4) is 0 Å². The number of Topliss-reactive ketones (excluding diaryl/α,β-unsaturated/α-hetero) is 1. The number of benzene rings is 3. The van der Waals surface area contributed by atoms with Gasteiger partial charge in [-0.15, -0.1) is 13.2 Å². The summed E-state index contributed by atoms with van der Waals surface area (Å²) >= 11 is 0. The molecule has 0 spiro atoms.